The molecule has 1 atom stereocenters. The van der Waals surface area contributed by atoms with Gasteiger partial charge in [0, 0.05) is 18.1 Å². The molecule has 0 spiro atoms. The zero-order valence-electron chi connectivity index (χ0n) is 13.6. The van der Waals surface area contributed by atoms with Crippen molar-refractivity contribution in [2.75, 3.05) is 4.90 Å². The third-order valence-electron chi connectivity index (χ3n) is 4.25. The highest BCUT2D eigenvalue weighted by atomic mass is 16.3. The van der Waals surface area contributed by atoms with Crippen LogP contribution < -0.4 is 4.90 Å². The second-order valence-electron chi connectivity index (χ2n) is 5.76. The van der Waals surface area contributed by atoms with Crippen LogP contribution in [0.15, 0.2) is 89.0 Å². The molecule has 1 aliphatic rings. The van der Waals surface area contributed by atoms with Crippen LogP contribution in [0.5, 0.6) is 0 Å². The van der Waals surface area contributed by atoms with Crippen molar-refractivity contribution >= 4 is 17.4 Å². The Kier molecular flexibility index (Phi) is 3.85. The van der Waals surface area contributed by atoms with Gasteiger partial charge in [0.2, 0.25) is 5.78 Å². The average molecular weight is 346 g/mol. The molecule has 6 nitrogen and oxygen atoms in total. The lowest BCUT2D eigenvalue weighted by Gasteiger charge is -2.26. The fourth-order valence-corrected chi connectivity index (χ4v) is 3.09. The van der Waals surface area contributed by atoms with Crippen molar-refractivity contribution in [3.05, 3.63) is 95.9 Å². The number of benzene rings is 1. The van der Waals surface area contributed by atoms with Gasteiger partial charge in [0.1, 0.15) is 0 Å². The lowest BCUT2D eigenvalue weighted by atomic mass is 9.95. The number of aromatic nitrogens is 1. The summed E-state index contributed by atoms with van der Waals surface area (Å²) < 4.78 is 5.18. The number of para-hydroxylation sites is 1. The summed E-state index contributed by atoms with van der Waals surface area (Å²) in [5.74, 6) is -1.67. The average Bonchev–Trinajstić information content (AvgIpc) is 3.31. The predicted molar refractivity (Wildman–Crippen MR) is 93.6 cm³/mol. The maximum Gasteiger partial charge on any atom is 0.294 e. The third-order valence-corrected chi connectivity index (χ3v) is 4.25. The molecule has 128 valence electrons. The molecule has 3 aromatic rings. The minimum Gasteiger partial charge on any atom is -0.503 e. The van der Waals surface area contributed by atoms with E-state index in [4.69, 9.17) is 4.42 Å². The van der Waals surface area contributed by atoms with Crippen LogP contribution in [0.4, 0.5) is 5.69 Å². The zero-order valence-corrected chi connectivity index (χ0v) is 13.6. The monoisotopic (exact) mass is 346 g/mol. The summed E-state index contributed by atoms with van der Waals surface area (Å²) >= 11 is 0. The number of amides is 1. The van der Waals surface area contributed by atoms with Gasteiger partial charge in [-0.15, -0.1) is 0 Å². The number of carbonyl (C=O) groups excluding carboxylic acids is 2. The molecule has 3 heterocycles. The molecule has 26 heavy (non-hydrogen) atoms. The van der Waals surface area contributed by atoms with E-state index >= 15 is 0 Å². The van der Waals surface area contributed by atoms with E-state index in [1.54, 1.807) is 54.9 Å². The standard InChI is InChI=1S/C20H14N2O4/c23-18(15-7-4-12-26-15)16-17(13-8-10-21-11-9-13)22(20(25)19(16)24)14-5-2-1-3-6-14/h1-12,17,24H. The molecule has 1 N–H and O–H groups in total. The van der Waals surface area contributed by atoms with Gasteiger partial charge in [0.15, 0.2) is 11.5 Å². The highest BCUT2D eigenvalue weighted by molar-refractivity contribution is 6.20. The molecule has 2 aromatic heterocycles. The fourth-order valence-electron chi connectivity index (χ4n) is 3.09. The molecule has 0 aliphatic carbocycles. The minimum absolute atomic E-state index is 0.0139. The number of pyridine rings is 1. The molecule has 0 bridgehead atoms. The summed E-state index contributed by atoms with van der Waals surface area (Å²) in [6.07, 6.45) is 4.53. The summed E-state index contributed by atoms with van der Waals surface area (Å²) in [4.78, 5) is 31.1. The first-order valence-electron chi connectivity index (χ1n) is 7.98. The van der Waals surface area contributed by atoms with Crippen LogP contribution in [0.2, 0.25) is 0 Å². The predicted octanol–water partition coefficient (Wildman–Crippen LogP) is 3.46. The summed E-state index contributed by atoms with van der Waals surface area (Å²) in [6.45, 7) is 0. The number of rotatable bonds is 4. The highest BCUT2D eigenvalue weighted by Crippen LogP contribution is 2.41. The largest absolute Gasteiger partial charge is 0.503 e. The molecule has 1 aromatic carbocycles. The van der Waals surface area contributed by atoms with Crippen LogP contribution in [0, 0.1) is 0 Å². The fraction of sp³-hybridized carbons (Fsp3) is 0.0500. The van der Waals surface area contributed by atoms with E-state index in [2.05, 4.69) is 4.98 Å². The van der Waals surface area contributed by atoms with Crippen molar-refractivity contribution in [3.63, 3.8) is 0 Å². The Hall–Kier alpha value is -3.67. The van der Waals surface area contributed by atoms with Gasteiger partial charge in [-0.3, -0.25) is 19.5 Å². The summed E-state index contributed by atoms with van der Waals surface area (Å²) in [6, 6.07) is 14.6. The van der Waals surface area contributed by atoms with Crippen molar-refractivity contribution in [3.8, 4) is 0 Å². The summed E-state index contributed by atoms with van der Waals surface area (Å²) in [5, 5.41) is 10.5. The topological polar surface area (TPSA) is 83.6 Å². The molecule has 0 saturated carbocycles. The van der Waals surface area contributed by atoms with Crippen LogP contribution in [0.1, 0.15) is 22.2 Å². The van der Waals surface area contributed by atoms with E-state index in [-0.39, 0.29) is 11.3 Å². The maximum absolute atomic E-state index is 12.9. The molecule has 1 aliphatic heterocycles. The van der Waals surface area contributed by atoms with Crippen LogP contribution in [-0.4, -0.2) is 21.8 Å². The summed E-state index contributed by atoms with van der Waals surface area (Å²) in [7, 11) is 0. The van der Waals surface area contributed by atoms with Crippen LogP contribution in [-0.2, 0) is 4.79 Å². The van der Waals surface area contributed by atoms with E-state index in [1.165, 1.54) is 17.2 Å². The Labute approximate surface area is 149 Å². The van der Waals surface area contributed by atoms with Gasteiger partial charge in [-0.05, 0) is 42.0 Å². The lowest BCUT2D eigenvalue weighted by Crippen LogP contribution is -2.31. The number of hydrogen-bond donors (Lipinski definition) is 1. The lowest BCUT2D eigenvalue weighted by molar-refractivity contribution is -0.117. The van der Waals surface area contributed by atoms with Crippen molar-refractivity contribution < 1.29 is 19.1 Å². The minimum atomic E-state index is -0.773. The molecule has 1 unspecified atom stereocenters. The Balaban J connectivity index is 1.88. The van der Waals surface area contributed by atoms with Gasteiger partial charge in [-0.2, -0.15) is 0 Å². The van der Waals surface area contributed by atoms with E-state index < -0.39 is 23.5 Å². The van der Waals surface area contributed by atoms with E-state index in [1.807, 2.05) is 6.07 Å². The van der Waals surface area contributed by atoms with Gasteiger partial charge in [-0.25, -0.2) is 0 Å². The number of Topliss-reactive ketones (excluding diaryl/α,β-unsaturated/α-hetero) is 1. The van der Waals surface area contributed by atoms with Gasteiger partial charge in [0.25, 0.3) is 5.91 Å². The quantitative estimate of drug-likeness (QED) is 0.732. The van der Waals surface area contributed by atoms with Gasteiger partial charge in [-0.1, -0.05) is 18.2 Å². The van der Waals surface area contributed by atoms with Crippen molar-refractivity contribution in [1.82, 2.24) is 4.98 Å². The number of carbonyl (C=O) groups is 2. The van der Waals surface area contributed by atoms with Crippen molar-refractivity contribution in [2.45, 2.75) is 6.04 Å². The highest BCUT2D eigenvalue weighted by Gasteiger charge is 2.45. The number of nitrogens with zero attached hydrogens (tertiary/aromatic N) is 2. The van der Waals surface area contributed by atoms with Gasteiger partial charge < -0.3 is 9.52 Å². The number of aliphatic hydroxyl groups excluding tert-OH is 1. The second-order valence-corrected chi connectivity index (χ2v) is 5.76. The zero-order chi connectivity index (χ0) is 18.1. The molecular formula is C20H14N2O4. The van der Waals surface area contributed by atoms with Crippen LogP contribution in [0.25, 0.3) is 0 Å². The first-order chi connectivity index (χ1) is 12.7. The molecule has 6 heteroatoms. The normalized spacial score (nSPS) is 17.0. The number of hydrogen-bond acceptors (Lipinski definition) is 5. The molecule has 1 amide bonds. The van der Waals surface area contributed by atoms with Gasteiger partial charge >= 0.3 is 0 Å². The smallest absolute Gasteiger partial charge is 0.294 e. The second kappa shape index (κ2) is 6.33. The SMILES string of the molecule is O=C(C1=C(O)C(=O)N(c2ccccc2)C1c1ccncc1)c1ccco1. The number of ketones is 1. The van der Waals surface area contributed by atoms with Gasteiger partial charge in [0.05, 0.1) is 17.9 Å². The molecule has 4 rings (SSSR count). The molecule has 0 fully saturated rings. The Bertz CT molecular complexity index is 979. The third kappa shape index (κ3) is 2.48. The summed E-state index contributed by atoms with van der Waals surface area (Å²) in [5.41, 5.74) is 1.23. The first-order valence-corrected chi connectivity index (χ1v) is 7.98. The number of furan rings is 1. The van der Waals surface area contributed by atoms with Crippen molar-refractivity contribution in [1.29, 1.82) is 0 Å². The Morgan fingerprint density at radius 1 is 1.04 bits per heavy atom. The Morgan fingerprint density at radius 3 is 2.42 bits per heavy atom. The molecule has 0 radical (unpaired) electrons. The van der Waals surface area contributed by atoms with E-state index in [9.17, 15) is 14.7 Å². The first kappa shape index (κ1) is 15.8. The molecular weight excluding hydrogens is 332 g/mol. The van der Waals surface area contributed by atoms with Crippen LogP contribution in [0.3, 0.4) is 0 Å². The molecule has 0 saturated heterocycles. The Morgan fingerprint density at radius 2 is 1.77 bits per heavy atom. The van der Waals surface area contributed by atoms with E-state index in [0.29, 0.717) is 11.3 Å². The number of aliphatic hydroxyl groups is 1. The van der Waals surface area contributed by atoms with Crippen LogP contribution >= 0.6 is 0 Å². The van der Waals surface area contributed by atoms with E-state index in [0.717, 1.165) is 0 Å². The van der Waals surface area contributed by atoms with Crippen molar-refractivity contribution in [2.24, 2.45) is 0 Å². The number of anilines is 1. The maximum atomic E-state index is 12.9.